The van der Waals surface area contributed by atoms with Gasteiger partial charge in [0.15, 0.2) is 0 Å². The Kier molecular flexibility index (Phi) is 9.85. The first kappa shape index (κ1) is 38.7. The van der Waals surface area contributed by atoms with E-state index in [4.69, 9.17) is 19.4 Å². The van der Waals surface area contributed by atoms with Crippen LogP contribution in [0.5, 0.6) is 0 Å². The molecular formula is C48H32N6O8. The number of carbonyl (C=O) groups excluding carboxylic acids is 2. The molecule has 2 aliphatic rings. The molecule has 9 rings (SSSR count). The number of hydrogen-bond donors (Lipinski definition) is 2. The van der Waals surface area contributed by atoms with E-state index in [-0.39, 0.29) is 11.4 Å². The third-order valence-electron chi connectivity index (χ3n) is 10.7. The van der Waals surface area contributed by atoms with Crippen LogP contribution in [0.15, 0.2) is 121 Å². The molecule has 0 amide bonds. The van der Waals surface area contributed by atoms with E-state index in [1.54, 1.807) is 97.1 Å². The predicted octanol–water partition coefficient (Wildman–Crippen LogP) is 10.7. The summed E-state index contributed by atoms with van der Waals surface area (Å²) in [5.74, 6) is -1.01. The summed E-state index contributed by atoms with van der Waals surface area (Å²) >= 11 is 0. The maximum Gasteiger partial charge on any atom is 0.337 e. The molecule has 0 spiro atoms. The van der Waals surface area contributed by atoms with E-state index in [0.29, 0.717) is 100 Å². The number of para-hydroxylation sites is 2. The Morgan fingerprint density at radius 1 is 0.468 bits per heavy atom. The van der Waals surface area contributed by atoms with E-state index < -0.39 is 21.8 Å². The third kappa shape index (κ3) is 6.86. The van der Waals surface area contributed by atoms with Crippen molar-refractivity contribution in [3.8, 4) is 44.5 Å². The number of esters is 2. The third-order valence-corrected chi connectivity index (χ3v) is 10.7. The Morgan fingerprint density at radius 2 is 0.790 bits per heavy atom. The van der Waals surface area contributed by atoms with Gasteiger partial charge in [-0.3, -0.25) is 20.2 Å². The molecule has 2 aliphatic heterocycles. The molecular weight excluding hydrogens is 789 g/mol. The Balaban J connectivity index is 1.46. The molecule has 14 heteroatoms. The number of rotatable bonds is 8. The number of nitro benzene ring substituents is 2. The van der Waals surface area contributed by atoms with Crippen LogP contribution in [0.3, 0.4) is 0 Å². The van der Waals surface area contributed by atoms with Gasteiger partial charge >= 0.3 is 11.9 Å². The van der Waals surface area contributed by atoms with E-state index in [2.05, 4.69) is 9.97 Å². The summed E-state index contributed by atoms with van der Waals surface area (Å²) in [6.07, 6.45) is 7.21. The van der Waals surface area contributed by atoms with Crippen LogP contribution >= 0.6 is 0 Å². The van der Waals surface area contributed by atoms with Crippen LogP contribution in [-0.4, -0.2) is 55.9 Å². The molecule has 0 saturated heterocycles. The number of ether oxygens (including phenoxy) is 2. The molecule has 2 N–H and O–H groups in total. The van der Waals surface area contributed by atoms with E-state index in [1.807, 2.05) is 36.4 Å². The summed E-state index contributed by atoms with van der Waals surface area (Å²) in [6.45, 7) is 0. The number of aromatic nitrogens is 4. The molecule has 302 valence electrons. The van der Waals surface area contributed by atoms with Crippen molar-refractivity contribution in [3.63, 3.8) is 0 Å². The van der Waals surface area contributed by atoms with Gasteiger partial charge in [-0.05, 0) is 96.1 Å². The number of aromatic amines is 2. The van der Waals surface area contributed by atoms with Gasteiger partial charge in [-0.25, -0.2) is 19.6 Å². The van der Waals surface area contributed by atoms with Crippen molar-refractivity contribution in [2.75, 3.05) is 14.2 Å². The monoisotopic (exact) mass is 820 g/mol. The molecule has 0 saturated carbocycles. The standard InChI is InChI=1S/C48H32N6O8/c1-61-47(55)29-15-11-27(12-16-29)43-33-19-23-37(49-33)45(31-7-3-5-9-41(31)53(57)58)39-25-21-35(51-39)44(28-13-17-30(18-14-28)48(56)62-2)36-22-26-40(52-36)46(38-24-20-34(43)50-38)32-8-4-6-10-42(32)54(59)60/h3-26,49,52H,1-2H3. The Morgan fingerprint density at radius 3 is 1.13 bits per heavy atom. The maximum absolute atomic E-state index is 12.6. The van der Waals surface area contributed by atoms with Crippen molar-refractivity contribution in [1.82, 2.24) is 19.9 Å². The number of nitrogens with one attached hydrogen (secondary N) is 2. The van der Waals surface area contributed by atoms with Gasteiger partial charge in [-0.1, -0.05) is 48.5 Å². The summed E-state index contributed by atoms with van der Waals surface area (Å²) in [5, 5.41) is 25.1. The molecule has 0 atom stereocenters. The summed E-state index contributed by atoms with van der Waals surface area (Å²) in [4.78, 5) is 66.4. The van der Waals surface area contributed by atoms with Crippen molar-refractivity contribution in [1.29, 1.82) is 0 Å². The normalized spacial score (nSPS) is 11.6. The second-order valence-corrected chi connectivity index (χ2v) is 14.2. The van der Waals surface area contributed by atoms with Crippen molar-refractivity contribution in [3.05, 3.63) is 175 Å². The zero-order valence-corrected chi connectivity index (χ0v) is 32.9. The highest BCUT2D eigenvalue weighted by Gasteiger charge is 2.24. The van der Waals surface area contributed by atoms with E-state index >= 15 is 0 Å². The largest absolute Gasteiger partial charge is 0.465 e. The first-order valence-corrected chi connectivity index (χ1v) is 19.1. The Bertz CT molecular complexity index is 3040. The molecule has 7 aromatic rings. The topological polar surface area (TPSA) is 196 Å². The van der Waals surface area contributed by atoms with Crippen LogP contribution in [0, 0.1) is 20.2 Å². The average molecular weight is 821 g/mol. The quantitative estimate of drug-likeness (QED) is 0.0845. The van der Waals surface area contributed by atoms with Crippen LogP contribution in [-0.2, 0) is 9.47 Å². The summed E-state index contributed by atoms with van der Waals surface area (Å²) in [6, 6.07) is 33.9. The SMILES string of the molecule is COC(=O)c1ccc(-c2c3nc(c(-c4ccccc4[N+](=O)[O-])c4ccc([nH]4)c(-c4ccc(C(=O)OC)cc4)c4nc(c(-c5ccccc5[N+](=O)[O-])c5ccc2[nH]5)C=C4)C=C3)cc1. The van der Waals surface area contributed by atoms with Gasteiger partial charge in [0, 0.05) is 56.5 Å². The number of nitro groups is 2. The van der Waals surface area contributed by atoms with Gasteiger partial charge in [-0.15, -0.1) is 0 Å². The Hall–Kier alpha value is -8.78. The van der Waals surface area contributed by atoms with Gasteiger partial charge in [0.1, 0.15) is 0 Å². The lowest BCUT2D eigenvalue weighted by atomic mass is 10.0. The zero-order chi connectivity index (χ0) is 43.1. The van der Waals surface area contributed by atoms with Crippen LogP contribution in [0.25, 0.3) is 90.9 Å². The van der Waals surface area contributed by atoms with Crippen molar-refractivity contribution < 1.29 is 28.9 Å². The van der Waals surface area contributed by atoms with Crippen molar-refractivity contribution in [2.45, 2.75) is 0 Å². The fraction of sp³-hybridized carbons (Fsp3) is 0.0417. The Labute approximate surface area is 351 Å². The number of H-pyrrole nitrogens is 2. The molecule has 8 bridgehead atoms. The number of benzene rings is 4. The fourth-order valence-corrected chi connectivity index (χ4v) is 7.85. The van der Waals surface area contributed by atoms with Crippen molar-refractivity contribution in [2.24, 2.45) is 0 Å². The van der Waals surface area contributed by atoms with Crippen LogP contribution in [0.2, 0.25) is 0 Å². The van der Waals surface area contributed by atoms with Crippen LogP contribution in [0.1, 0.15) is 43.5 Å². The first-order chi connectivity index (χ1) is 30.1. The molecule has 5 heterocycles. The molecule has 3 aromatic heterocycles. The lowest BCUT2D eigenvalue weighted by molar-refractivity contribution is -0.384. The highest BCUT2D eigenvalue weighted by molar-refractivity contribution is 6.02. The lowest BCUT2D eigenvalue weighted by Gasteiger charge is -2.08. The molecule has 4 aromatic carbocycles. The van der Waals surface area contributed by atoms with Gasteiger partial charge in [0.2, 0.25) is 0 Å². The highest BCUT2D eigenvalue weighted by Crippen LogP contribution is 2.41. The molecule has 62 heavy (non-hydrogen) atoms. The first-order valence-electron chi connectivity index (χ1n) is 19.1. The highest BCUT2D eigenvalue weighted by atomic mass is 16.6. The fourth-order valence-electron chi connectivity index (χ4n) is 7.85. The second kappa shape index (κ2) is 15.8. The molecule has 0 aliphatic carbocycles. The maximum atomic E-state index is 12.6. The smallest absolute Gasteiger partial charge is 0.337 e. The number of carbonyl (C=O) groups is 2. The van der Waals surface area contributed by atoms with Gasteiger partial charge in [0.05, 0.1) is 69.1 Å². The minimum absolute atomic E-state index is 0.128. The number of hydrogen-bond acceptors (Lipinski definition) is 10. The van der Waals surface area contributed by atoms with Gasteiger partial charge < -0.3 is 19.4 Å². The average Bonchev–Trinajstić information content (AvgIpc) is 4.15. The molecule has 14 nitrogen and oxygen atoms in total. The van der Waals surface area contributed by atoms with E-state index in [9.17, 15) is 29.8 Å². The molecule has 0 radical (unpaired) electrons. The predicted molar refractivity (Wildman–Crippen MR) is 237 cm³/mol. The summed E-state index contributed by atoms with van der Waals surface area (Å²) in [5.41, 5.74) is 8.58. The van der Waals surface area contributed by atoms with Crippen molar-refractivity contribution >= 4 is 69.7 Å². The van der Waals surface area contributed by atoms with Gasteiger partial charge in [0.25, 0.3) is 11.4 Å². The minimum atomic E-state index is -0.506. The van der Waals surface area contributed by atoms with Crippen LogP contribution in [0.4, 0.5) is 11.4 Å². The summed E-state index contributed by atoms with van der Waals surface area (Å²) < 4.78 is 9.88. The van der Waals surface area contributed by atoms with E-state index in [0.717, 1.165) is 0 Å². The molecule has 0 unspecified atom stereocenters. The molecule has 0 fully saturated rings. The number of fused-ring (bicyclic) bond motifs is 8. The minimum Gasteiger partial charge on any atom is -0.465 e. The van der Waals surface area contributed by atoms with Gasteiger partial charge in [-0.2, -0.15) is 0 Å². The lowest BCUT2D eigenvalue weighted by Crippen LogP contribution is -2.00. The van der Waals surface area contributed by atoms with E-state index in [1.165, 1.54) is 26.4 Å². The summed E-state index contributed by atoms with van der Waals surface area (Å²) in [7, 11) is 2.61. The van der Waals surface area contributed by atoms with Crippen LogP contribution < -0.4 is 0 Å². The second-order valence-electron chi connectivity index (χ2n) is 14.2. The number of nitrogens with zero attached hydrogens (tertiary/aromatic N) is 4. The zero-order valence-electron chi connectivity index (χ0n) is 32.9. The number of methoxy groups -OCH3 is 2.